The molecule has 1 aromatic rings. The van der Waals surface area contributed by atoms with Crippen LogP contribution in [0.4, 0.5) is 10.5 Å². The van der Waals surface area contributed by atoms with Gasteiger partial charge in [-0.05, 0) is 49.4 Å². The first kappa shape index (κ1) is 14.8. The van der Waals surface area contributed by atoms with Crippen molar-refractivity contribution in [2.24, 2.45) is 11.1 Å². The lowest BCUT2D eigenvalue weighted by atomic mass is 9.78. The fourth-order valence-corrected chi connectivity index (χ4v) is 3.46. The number of urea groups is 1. The second-order valence-electron chi connectivity index (χ2n) is 6.29. The monoisotopic (exact) mass is 302 g/mol. The molecule has 0 unspecified atom stereocenters. The van der Waals surface area contributed by atoms with E-state index in [9.17, 15) is 9.59 Å². The smallest absolute Gasteiger partial charge is 0.316 e. The first-order chi connectivity index (χ1) is 10.6. The van der Waals surface area contributed by atoms with E-state index in [1.807, 2.05) is 4.90 Å². The molecule has 0 radical (unpaired) electrons. The summed E-state index contributed by atoms with van der Waals surface area (Å²) in [7, 11) is 0. The molecule has 2 aliphatic rings. The maximum Gasteiger partial charge on any atom is 0.316 e. The highest BCUT2D eigenvalue weighted by atomic mass is 16.2. The molecule has 0 aliphatic carbocycles. The van der Waals surface area contributed by atoms with E-state index in [4.69, 9.17) is 5.73 Å². The normalized spacial score (nSPS) is 20.1. The zero-order chi connectivity index (χ0) is 15.6. The quantitative estimate of drug-likeness (QED) is 0.771. The zero-order valence-corrected chi connectivity index (χ0v) is 12.6. The van der Waals surface area contributed by atoms with Gasteiger partial charge in [-0.1, -0.05) is 6.07 Å². The molecule has 0 saturated carbocycles. The predicted octanol–water partition coefficient (Wildman–Crippen LogP) is 1.39. The molecule has 3 rings (SSSR count). The fourth-order valence-electron chi connectivity index (χ4n) is 3.46. The van der Waals surface area contributed by atoms with Gasteiger partial charge in [0.25, 0.3) is 5.91 Å². The van der Waals surface area contributed by atoms with Gasteiger partial charge in [0, 0.05) is 30.9 Å². The maximum atomic E-state index is 12.6. The van der Waals surface area contributed by atoms with Crippen LogP contribution in [0.25, 0.3) is 0 Å². The molecule has 22 heavy (non-hydrogen) atoms. The van der Waals surface area contributed by atoms with Crippen molar-refractivity contribution in [2.45, 2.75) is 19.3 Å². The molecule has 0 atom stereocenters. The number of rotatable bonds is 2. The van der Waals surface area contributed by atoms with E-state index in [0.717, 1.165) is 39.0 Å². The van der Waals surface area contributed by atoms with Crippen molar-refractivity contribution in [3.8, 4) is 0 Å². The van der Waals surface area contributed by atoms with E-state index >= 15 is 0 Å². The van der Waals surface area contributed by atoms with Crippen molar-refractivity contribution in [3.05, 3.63) is 29.8 Å². The molecule has 4 N–H and O–H groups in total. The fraction of sp³-hybridized carbons (Fsp3) is 0.500. The number of primary amides is 1. The van der Waals surface area contributed by atoms with Gasteiger partial charge in [-0.3, -0.25) is 4.79 Å². The highest BCUT2D eigenvalue weighted by molar-refractivity contribution is 5.96. The van der Waals surface area contributed by atoms with E-state index in [0.29, 0.717) is 16.7 Å². The van der Waals surface area contributed by atoms with E-state index in [-0.39, 0.29) is 5.91 Å². The first-order valence-electron chi connectivity index (χ1n) is 7.75. The van der Waals surface area contributed by atoms with Gasteiger partial charge in [0.1, 0.15) is 0 Å². The van der Waals surface area contributed by atoms with Gasteiger partial charge in [0.2, 0.25) is 0 Å². The minimum absolute atomic E-state index is 0.0222. The average molecular weight is 302 g/mol. The summed E-state index contributed by atoms with van der Waals surface area (Å²) in [4.78, 5) is 25.4. The Labute approximate surface area is 130 Å². The van der Waals surface area contributed by atoms with Crippen molar-refractivity contribution < 1.29 is 9.59 Å². The minimum Gasteiger partial charge on any atom is -0.351 e. The molecule has 2 saturated heterocycles. The molecule has 2 fully saturated rings. The van der Waals surface area contributed by atoms with Crippen LogP contribution in [-0.4, -0.2) is 43.0 Å². The van der Waals surface area contributed by atoms with Crippen LogP contribution in [0.15, 0.2) is 24.3 Å². The number of amides is 3. The molecule has 2 aliphatic heterocycles. The zero-order valence-electron chi connectivity index (χ0n) is 12.6. The Kier molecular flexibility index (Phi) is 4.02. The third-order valence-corrected chi connectivity index (χ3v) is 4.82. The second kappa shape index (κ2) is 5.96. The van der Waals surface area contributed by atoms with Gasteiger partial charge in [-0.2, -0.15) is 0 Å². The van der Waals surface area contributed by atoms with Gasteiger partial charge < -0.3 is 21.3 Å². The number of benzene rings is 1. The van der Waals surface area contributed by atoms with Crippen molar-refractivity contribution in [3.63, 3.8) is 0 Å². The molecular formula is C16H22N4O2. The number of carbonyl (C=O) groups excluding carboxylic acids is 2. The highest BCUT2D eigenvalue weighted by Gasteiger charge is 2.38. The highest BCUT2D eigenvalue weighted by Crippen LogP contribution is 2.37. The minimum atomic E-state index is -0.627. The largest absolute Gasteiger partial charge is 0.351 e. The van der Waals surface area contributed by atoms with E-state index in [1.54, 1.807) is 24.3 Å². The number of nitrogens with two attached hydrogens (primary N) is 1. The number of nitrogens with zero attached hydrogens (tertiary/aromatic N) is 1. The Morgan fingerprint density at radius 3 is 2.64 bits per heavy atom. The first-order valence-corrected chi connectivity index (χ1v) is 7.75. The summed E-state index contributed by atoms with van der Waals surface area (Å²) in [6.07, 6.45) is 3.34. The summed E-state index contributed by atoms with van der Waals surface area (Å²) in [6.45, 7) is 3.77. The van der Waals surface area contributed by atoms with Crippen LogP contribution in [0.2, 0.25) is 0 Å². The standard InChI is InChI=1S/C16H22N4O2/c17-15(22)19-13-3-1-2-12(10-13)14(21)20-8-5-16(6-9-20)4-7-18-11-16/h1-3,10,18H,4-9,11H2,(H3,17,19,22). The second-order valence-corrected chi connectivity index (χ2v) is 6.29. The van der Waals surface area contributed by atoms with Crippen molar-refractivity contribution in [1.82, 2.24) is 10.2 Å². The van der Waals surface area contributed by atoms with E-state index in [1.165, 1.54) is 6.42 Å². The number of anilines is 1. The van der Waals surface area contributed by atoms with Gasteiger partial charge in [0.15, 0.2) is 0 Å². The summed E-state index contributed by atoms with van der Waals surface area (Å²) >= 11 is 0. The number of carbonyl (C=O) groups is 2. The topological polar surface area (TPSA) is 87.5 Å². The Morgan fingerprint density at radius 2 is 2.00 bits per heavy atom. The number of hydrogen-bond donors (Lipinski definition) is 3. The average Bonchev–Trinajstić information content (AvgIpc) is 2.95. The third-order valence-electron chi connectivity index (χ3n) is 4.82. The molecule has 0 bridgehead atoms. The van der Waals surface area contributed by atoms with Gasteiger partial charge in [-0.15, -0.1) is 0 Å². The number of nitrogens with one attached hydrogen (secondary N) is 2. The summed E-state index contributed by atoms with van der Waals surface area (Å²) in [5, 5.41) is 5.93. The van der Waals surface area contributed by atoms with Crippen LogP contribution in [0.1, 0.15) is 29.6 Å². The van der Waals surface area contributed by atoms with Crippen molar-refractivity contribution >= 4 is 17.6 Å². The van der Waals surface area contributed by atoms with Crippen LogP contribution in [-0.2, 0) is 0 Å². The van der Waals surface area contributed by atoms with Gasteiger partial charge in [0.05, 0.1) is 0 Å². The Morgan fingerprint density at radius 1 is 1.23 bits per heavy atom. The molecular weight excluding hydrogens is 280 g/mol. The van der Waals surface area contributed by atoms with Crippen LogP contribution >= 0.6 is 0 Å². The summed E-state index contributed by atoms with van der Waals surface area (Å²) in [5.41, 5.74) is 6.64. The lowest BCUT2D eigenvalue weighted by Crippen LogP contribution is -2.44. The lowest BCUT2D eigenvalue weighted by Gasteiger charge is -2.39. The van der Waals surface area contributed by atoms with Crippen molar-refractivity contribution in [1.29, 1.82) is 0 Å². The number of hydrogen-bond acceptors (Lipinski definition) is 3. The van der Waals surface area contributed by atoms with Gasteiger partial charge >= 0.3 is 6.03 Å². The molecule has 6 heteroatoms. The molecule has 6 nitrogen and oxygen atoms in total. The molecule has 1 aromatic carbocycles. The molecule has 1 spiro atoms. The molecule has 3 amide bonds. The van der Waals surface area contributed by atoms with E-state index < -0.39 is 6.03 Å². The Balaban J connectivity index is 1.65. The summed E-state index contributed by atoms with van der Waals surface area (Å²) in [5.74, 6) is 0.0222. The van der Waals surface area contributed by atoms with Gasteiger partial charge in [-0.25, -0.2) is 4.79 Å². The predicted molar refractivity (Wildman–Crippen MR) is 84.7 cm³/mol. The van der Waals surface area contributed by atoms with Crippen LogP contribution in [0.3, 0.4) is 0 Å². The van der Waals surface area contributed by atoms with Crippen LogP contribution in [0, 0.1) is 5.41 Å². The van der Waals surface area contributed by atoms with Crippen LogP contribution < -0.4 is 16.4 Å². The molecule has 0 aromatic heterocycles. The summed E-state index contributed by atoms with van der Waals surface area (Å²) < 4.78 is 0. The summed E-state index contributed by atoms with van der Waals surface area (Å²) in [6, 6.07) is 6.30. The number of piperidine rings is 1. The van der Waals surface area contributed by atoms with Crippen LogP contribution in [0.5, 0.6) is 0 Å². The maximum absolute atomic E-state index is 12.6. The SMILES string of the molecule is NC(=O)Nc1cccc(C(=O)N2CCC3(CCNC3)CC2)c1. The molecule has 118 valence electrons. The van der Waals surface area contributed by atoms with Crippen molar-refractivity contribution in [2.75, 3.05) is 31.5 Å². The lowest BCUT2D eigenvalue weighted by molar-refractivity contribution is 0.0607. The van der Waals surface area contributed by atoms with E-state index in [2.05, 4.69) is 10.6 Å². The number of likely N-dealkylation sites (tertiary alicyclic amines) is 1. The third kappa shape index (κ3) is 3.06. The Bertz CT molecular complexity index is 571. The Hall–Kier alpha value is -2.08. The molecule has 2 heterocycles.